The standard InChI is InChI=1S/C16H20N2O3/c19-15(13-6-7-13)18-9-8-14(10-18)17-16(20)21-11-12-4-2-1-3-5-12/h1-5,13-14H,6-11H2,(H,17,20)/t14-/m1/s1. The van der Waals surface area contributed by atoms with Crippen molar-refractivity contribution in [3.8, 4) is 0 Å². The number of benzene rings is 1. The summed E-state index contributed by atoms with van der Waals surface area (Å²) in [4.78, 5) is 25.6. The van der Waals surface area contributed by atoms with Crippen LogP contribution in [0.2, 0.25) is 0 Å². The van der Waals surface area contributed by atoms with Gasteiger partial charge in [-0.2, -0.15) is 0 Å². The van der Waals surface area contributed by atoms with Crippen molar-refractivity contribution in [3.63, 3.8) is 0 Å². The van der Waals surface area contributed by atoms with E-state index in [0.29, 0.717) is 6.54 Å². The van der Waals surface area contributed by atoms with Crippen molar-refractivity contribution in [3.05, 3.63) is 35.9 Å². The molecule has 1 atom stereocenters. The summed E-state index contributed by atoms with van der Waals surface area (Å²) >= 11 is 0. The number of alkyl carbamates (subject to hydrolysis) is 1. The molecular weight excluding hydrogens is 268 g/mol. The van der Waals surface area contributed by atoms with Gasteiger partial charge in [0, 0.05) is 19.0 Å². The highest BCUT2D eigenvalue weighted by atomic mass is 16.5. The lowest BCUT2D eigenvalue weighted by atomic mass is 10.2. The van der Waals surface area contributed by atoms with Crippen LogP contribution in [0.5, 0.6) is 0 Å². The van der Waals surface area contributed by atoms with Crippen molar-refractivity contribution >= 4 is 12.0 Å². The van der Waals surface area contributed by atoms with Gasteiger partial charge in [-0.15, -0.1) is 0 Å². The second kappa shape index (κ2) is 6.16. The largest absolute Gasteiger partial charge is 0.445 e. The summed E-state index contributed by atoms with van der Waals surface area (Å²) in [5, 5.41) is 2.84. The van der Waals surface area contributed by atoms with Crippen molar-refractivity contribution in [2.24, 2.45) is 5.92 Å². The molecule has 0 unspecified atom stereocenters. The summed E-state index contributed by atoms with van der Waals surface area (Å²) in [6.45, 7) is 1.61. The van der Waals surface area contributed by atoms with E-state index in [0.717, 1.165) is 31.4 Å². The minimum absolute atomic E-state index is 0.0102. The maximum atomic E-state index is 11.9. The molecule has 1 N–H and O–H groups in total. The molecule has 5 nitrogen and oxygen atoms in total. The van der Waals surface area contributed by atoms with Crippen LogP contribution in [-0.4, -0.2) is 36.0 Å². The Morgan fingerprint density at radius 3 is 2.67 bits per heavy atom. The fraction of sp³-hybridized carbons (Fsp3) is 0.500. The second-order valence-electron chi connectivity index (χ2n) is 5.75. The van der Waals surface area contributed by atoms with E-state index in [1.165, 1.54) is 0 Å². The van der Waals surface area contributed by atoms with Crippen LogP contribution in [0.3, 0.4) is 0 Å². The number of likely N-dealkylation sites (tertiary alicyclic amines) is 1. The van der Waals surface area contributed by atoms with E-state index in [2.05, 4.69) is 5.32 Å². The minimum atomic E-state index is -0.412. The molecule has 0 bridgehead atoms. The Balaban J connectivity index is 1.40. The lowest BCUT2D eigenvalue weighted by molar-refractivity contribution is -0.131. The molecule has 1 aliphatic carbocycles. The quantitative estimate of drug-likeness (QED) is 0.921. The molecule has 21 heavy (non-hydrogen) atoms. The lowest BCUT2D eigenvalue weighted by Crippen LogP contribution is -2.39. The smallest absolute Gasteiger partial charge is 0.407 e. The lowest BCUT2D eigenvalue weighted by Gasteiger charge is -2.16. The van der Waals surface area contributed by atoms with Gasteiger partial charge in [0.1, 0.15) is 6.61 Å². The summed E-state index contributed by atoms with van der Waals surface area (Å²) in [7, 11) is 0. The number of rotatable bonds is 4. The maximum absolute atomic E-state index is 11.9. The van der Waals surface area contributed by atoms with Gasteiger partial charge in [-0.1, -0.05) is 30.3 Å². The number of carbonyl (C=O) groups excluding carboxylic acids is 2. The van der Waals surface area contributed by atoms with Gasteiger partial charge >= 0.3 is 6.09 Å². The molecule has 0 spiro atoms. The van der Waals surface area contributed by atoms with E-state index in [-0.39, 0.29) is 24.5 Å². The average Bonchev–Trinajstić information content (AvgIpc) is 3.26. The number of ether oxygens (including phenoxy) is 1. The molecule has 2 fully saturated rings. The van der Waals surface area contributed by atoms with Gasteiger partial charge in [0.2, 0.25) is 5.91 Å². The predicted molar refractivity (Wildman–Crippen MR) is 77.5 cm³/mol. The van der Waals surface area contributed by atoms with Crippen LogP contribution in [-0.2, 0) is 16.1 Å². The molecule has 0 radical (unpaired) electrons. The number of nitrogens with one attached hydrogen (secondary N) is 1. The zero-order valence-electron chi connectivity index (χ0n) is 12.0. The topological polar surface area (TPSA) is 58.6 Å². The molecule has 1 aromatic rings. The molecule has 3 rings (SSSR count). The van der Waals surface area contributed by atoms with E-state index < -0.39 is 6.09 Å². The fourth-order valence-electron chi connectivity index (χ4n) is 2.60. The van der Waals surface area contributed by atoms with Gasteiger partial charge in [-0.25, -0.2) is 4.79 Å². The van der Waals surface area contributed by atoms with E-state index in [1.807, 2.05) is 35.2 Å². The van der Waals surface area contributed by atoms with Crippen molar-refractivity contribution in [1.29, 1.82) is 0 Å². The van der Waals surface area contributed by atoms with E-state index in [9.17, 15) is 9.59 Å². The molecule has 1 saturated carbocycles. The van der Waals surface area contributed by atoms with Crippen molar-refractivity contribution in [1.82, 2.24) is 10.2 Å². The van der Waals surface area contributed by atoms with Crippen LogP contribution in [0.4, 0.5) is 4.79 Å². The number of hydrogen-bond donors (Lipinski definition) is 1. The van der Waals surface area contributed by atoms with Gasteiger partial charge in [-0.3, -0.25) is 4.79 Å². The number of hydrogen-bond acceptors (Lipinski definition) is 3. The third-order valence-electron chi connectivity index (χ3n) is 3.96. The second-order valence-corrected chi connectivity index (χ2v) is 5.75. The monoisotopic (exact) mass is 288 g/mol. The normalized spacial score (nSPS) is 21.1. The highest BCUT2D eigenvalue weighted by Crippen LogP contribution is 2.32. The van der Waals surface area contributed by atoms with Crippen molar-refractivity contribution < 1.29 is 14.3 Å². The van der Waals surface area contributed by atoms with Gasteiger partial charge in [-0.05, 0) is 24.8 Å². The molecule has 1 aliphatic heterocycles. The molecular formula is C16H20N2O3. The summed E-state index contributed by atoms with van der Waals surface area (Å²) in [5.41, 5.74) is 0.963. The Bertz CT molecular complexity index is 514. The first kappa shape index (κ1) is 13.9. The summed E-state index contributed by atoms with van der Waals surface area (Å²) in [6, 6.07) is 9.59. The maximum Gasteiger partial charge on any atom is 0.407 e. The Kier molecular flexibility index (Phi) is 4.08. The predicted octanol–water partition coefficient (Wildman–Crippen LogP) is 1.92. The Morgan fingerprint density at radius 1 is 1.19 bits per heavy atom. The molecule has 0 aromatic heterocycles. The fourth-order valence-corrected chi connectivity index (χ4v) is 2.60. The minimum Gasteiger partial charge on any atom is -0.445 e. The van der Waals surface area contributed by atoms with Crippen LogP contribution in [0, 0.1) is 5.92 Å². The third kappa shape index (κ3) is 3.74. The summed E-state index contributed by atoms with van der Waals surface area (Å²) < 4.78 is 5.19. The highest BCUT2D eigenvalue weighted by Gasteiger charge is 2.36. The van der Waals surface area contributed by atoms with Crippen molar-refractivity contribution in [2.75, 3.05) is 13.1 Å². The van der Waals surface area contributed by atoms with E-state index >= 15 is 0 Å². The van der Waals surface area contributed by atoms with Crippen LogP contribution in [0.1, 0.15) is 24.8 Å². The average molecular weight is 288 g/mol. The third-order valence-corrected chi connectivity index (χ3v) is 3.96. The molecule has 5 heteroatoms. The molecule has 2 amide bonds. The first-order chi connectivity index (χ1) is 10.2. The van der Waals surface area contributed by atoms with Crippen LogP contribution in [0.25, 0.3) is 0 Å². The molecule has 1 heterocycles. The Labute approximate surface area is 124 Å². The zero-order valence-corrected chi connectivity index (χ0v) is 12.0. The van der Waals surface area contributed by atoms with E-state index in [1.54, 1.807) is 0 Å². The van der Waals surface area contributed by atoms with Crippen LogP contribution in [0.15, 0.2) is 30.3 Å². The van der Waals surface area contributed by atoms with Gasteiger partial charge in [0.05, 0.1) is 6.04 Å². The van der Waals surface area contributed by atoms with E-state index in [4.69, 9.17) is 4.74 Å². The van der Waals surface area contributed by atoms with Gasteiger partial charge < -0.3 is 15.0 Å². The Morgan fingerprint density at radius 2 is 1.95 bits per heavy atom. The van der Waals surface area contributed by atoms with Crippen LogP contribution >= 0.6 is 0 Å². The first-order valence-corrected chi connectivity index (χ1v) is 7.48. The van der Waals surface area contributed by atoms with Gasteiger partial charge in [0.25, 0.3) is 0 Å². The summed E-state index contributed by atoms with van der Waals surface area (Å²) in [5.74, 6) is 0.491. The number of carbonyl (C=O) groups is 2. The molecule has 112 valence electrons. The number of nitrogens with zero attached hydrogens (tertiary/aromatic N) is 1. The summed E-state index contributed by atoms with van der Waals surface area (Å²) in [6.07, 6.45) is 2.43. The van der Waals surface area contributed by atoms with Crippen molar-refractivity contribution in [2.45, 2.75) is 31.9 Å². The first-order valence-electron chi connectivity index (χ1n) is 7.48. The highest BCUT2D eigenvalue weighted by molar-refractivity contribution is 5.81. The Hall–Kier alpha value is -2.04. The zero-order chi connectivity index (χ0) is 14.7. The number of amides is 2. The molecule has 2 aliphatic rings. The molecule has 1 aromatic carbocycles. The van der Waals surface area contributed by atoms with Gasteiger partial charge in [0.15, 0.2) is 0 Å². The SMILES string of the molecule is O=C(N[C@@H]1CCN(C(=O)C2CC2)C1)OCc1ccccc1. The van der Waals surface area contributed by atoms with Crippen LogP contribution < -0.4 is 5.32 Å². The molecule has 1 saturated heterocycles.